The molecule has 1 saturated heterocycles. The number of hydrogen-bond donors (Lipinski definition) is 2. The highest BCUT2D eigenvalue weighted by Gasteiger charge is 2.52. The van der Waals surface area contributed by atoms with Crippen molar-refractivity contribution in [3.8, 4) is 0 Å². The van der Waals surface area contributed by atoms with Gasteiger partial charge in [0.25, 0.3) is 0 Å². The lowest BCUT2D eigenvalue weighted by molar-refractivity contribution is 0.00578. The summed E-state index contributed by atoms with van der Waals surface area (Å²) >= 11 is 4.38. The first-order valence-corrected chi connectivity index (χ1v) is 7.26. The van der Waals surface area contributed by atoms with Crippen LogP contribution in [0.1, 0.15) is 33.3 Å². The quantitative estimate of drug-likeness (QED) is 0.664. The van der Waals surface area contributed by atoms with Gasteiger partial charge in [-0.3, -0.25) is 4.98 Å². The van der Waals surface area contributed by atoms with E-state index in [9.17, 15) is 0 Å². The van der Waals surface area contributed by atoms with Crippen LogP contribution in [0.5, 0.6) is 0 Å². The molecular weight excluding hydrogens is 271 g/mol. The van der Waals surface area contributed by atoms with Crippen LogP contribution in [0.3, 0.4) is 0 Å². The first-order valence-electron chi connectivity index (χ1n) is 6.63. The first kappa shape index (κ1) is 15.4. The van der Waals surface area contributed by atoms with Gasteiger partial charge in [-0.1, -0.05) is 6.08 Å². The van der Waals surface area contributed by atoms with Crippen LogP contribution in [0.25, 0.3) is 6.08 Å². The molecule has 1 aromatic heterocycles. The van der Waals surface area contributed by atoms with E-state index in [0.29, 0.717) is 11.4 Å². The fraction of sp³-hybridized carbons (Fsp3) is 0.500. The van der Waals surface area contributed by atoms with Crippen molar-refractivity contribution >= 4 is 31.5 Å². The molecule has 2 heterocycles. The summed E-state index contributed by atoms with van der Waals surface area (Å²) < 4.78 is 12.1. The van der Waals surface area contributed by atoms with Gasteiger partial charge in [-0.05, 0) is 39.2 Å². The molecule has 0 aliphatic carbocycles. The molecule has 0 spiro atoms. The Kier molecular flexibility index (Phi) is 4.18. The largest absolute Gasteiger partial charge is 0.491 e. The third-order valence-corrected chi connectivity index (χ3v) is 4.33. The normalized spacial score (nSPS) is 21.2. The Hall–Kier alpha value is -0.975. The molecule has 1 aromatic rings. The van der Waals surface area contributed by atoms with E-state index in [1.807, 2.05) is 33.8 Å². The van der Waals surface area contributed by atoms with E-state index in [1.165, 1.54) is 0 Å². The molecule has 2 N–H and O–H groups in total. The van der Waals surface area contributed by atoms with Gasteiger partial charge in [0.05, 0.1) is 11.2 Å². The number of thiol groups is 1. The van der Waals surface area contributed by atoms with Crippen molar-refractivity contribution in [2.24, 2.45) is 0 Å². The number of rotatable bonds is 3. The van der Waals surface area contributed by atoms with Crippen LogP contribution in [-0.2, 0) is 9.31 Å². The molecule has 0 bridgehead atoms. The molecule has 20 heavy (non-hydrogen) atoms. The summed E-state index contributed by atoms with van der Waals surface area (Å²) in [5, 5.41) is 0. The highest BCUT2D eigenvalue weighted by Crippen LogP contribution is 2.39. The zero-order chi connectivity index (χ0) is 15.0. The van der Waals surface area contributed by atoms with Gasteiger partial charge >= 0.3 is 7.12 Å². The molecule has 1 aliphatic heterocycles. The van der Waals surface area contributed by atoms with E-state index in [2.05, 4.69) is 17.6 Å². The van der Waals surface area contributed by atoms with Crippen molar-refractivity contribution in [2.45, 2.75) is 38.9 Å². The minimum Gasteiger partial charge on any atom is -0.400 e. The van der Waals surface area contributed by atoms with Crippen molar-refractivity contribution in [1.29, 1.82) is 0 Å². The van der Waals surface area contributed by atoms with Gasteiger partial charge in [0.2, 0.25) is 0 Å². The van der Waals surface area contributed by atoms with Crippen LogP contribution in [0.15, 0.2) is 23.9 Å². The number of nitrogen functional groups attached to an aromatic ring is 1. The molecule has 0 atom stereocenters. The fourth-order valence-electron chi connectivity index (χ4n) is 1.92. The second-order valence-corrected chi connectivity index (χ2v) is 6.29. The van der Waals surface area contributed by atoms with Gasteiger partial charge in [0.1, 0.15) is 0 Å². The minimum absolute atomic E-state index is 0.361. The lowest BCUT2D eigenvalue weighted by Gasteiger charge is -2.32. The van der Waals surface area contributed by atoms with Crippen LogP contribution in [0.4, 0.5) is 5.69 Å². The van der Waals surface area contributed by atoms with Crippen LogP contribution in [0, 0.1) is 0 Å². The molecule has 0 saturated carbocycles. The Morgan fingerprint density at radius 1 is 1.35 bits per heavy atom. The van der Waals surface area contributed by atoms with Crippen molar-refractivity contribution < 1.29 is 9.31 Å². The van der Waals surface area contributed by atoms with Crippen molar-refractivity contribution in [2.75, 3.05) is 11.5 Å². The van der Waals surface area contributed by atoms with Gasteiger partial charge in [0, 0.05) is 29.4 Å². The van der Waals surface area contributed by atoms with Crippen molar-refractivity contribution in [3.05, 3.63) is 29.5 Å². The smallest absolute Gasteiger partial charge is 0.400 e. The summed E-state index contributed by atoms with van der Waals surface area (Å²) in [5.41, 5.74) is 7.68. The minimum atomic E-state index is -0.405. The molecule has 1 aliphatic rings. The zero-order valence-corrected chi connectivity index (χ0v) is 13.3. The van der Waals surface area contributed by atoms with Gasteiger partial charge in [-0.15, -0.1) is 0 Å². The molecule has 1 fully saturated rings. The molecule has 108 valence electrons. The van der Waals surface area contributed by atoms with Gasteiger partial charge in [-0.25, -0.2) is 0 Å². The summed E-state index contributed by atoms with van der Waals surface area (Å²) in [6.45, 7) is 8.12. The number of anilines is 1. The summed E-state index contributed by atoms with van der Waals surface area (Å²) in [7, 11) is -0.405. The number of nitrogens with zero attached hydrogens (tertiary/aromatic N) is 1. The number of nitrogens with two attached hydrogens (primary N) is 1. The third-order valence-electron chi connectivity index (χ3n) is 3.97. The SMILES string of the molecule is CC1(C)OB(C(=Cc2cnccc2N)CS)OC1(C)C. The molecule has 0 radical (unpaired) electrons. The van der Waals surface area contributed by atoms with Crippen LogP contribution in [-0.4, -0.2) is 29.1 Å². The Balaban J connectivity index is 2.29. The fourth-order valence-corrected chi connectivity index (χ4v) is 2.16. The molecule has 4 nitrogen and oxygen atoms in total. The summed E-state index contributed by atoms with van der Waals surface area (Å²) in [5.74, 6) is 0.533. The average Bonchev–Trinajstić information content (AvgIpc) is 2.57. The van der Waals surface area contributed by atoms with E-state index in [1.54, 1.807) is 18.5 Å². The standard InChI is InChI=1S/C14H21BN2O2S/c1-13(2)14(3,4)19-15(18-13)11(9-20)7-10-8-17-6-5-12(10)16/h5-8,20H,9H2,1-4H3,(H2,16,17). The Labute approximate surface area is 126 Å². The predicted molar refractivity (Wildman–Crippen MR) is 86.6 cm³/mol. The zero-order valence-electron chi connectivity index (χ0n) is 12.4. The molecule has 0 unspecified atom stereocenters. The molecule has 6 heteroatoms. The summed E-state index contributed by atoms with van der Waals surface area (Å²) in [6, 6.07) is 1.77. The van der Waals surface area contributed by atoms with Gasteiger partial charge < -0.3 is 15.0 Å². The predicted octanol–water partition coefficient (Wildman–Crippen LogP) is 2.61. The van der Waals surface area contributed by atoms with Gasteiger partial charge in [-0.2, -0.15) is 12.6 Å². The van der Waals surface area contributed by atoms with E-state index in [0.717, 1.165) is 11.0 Å². The Morgan fingerprint density at radius 3 is 2.45 bits per heavy atom. The molecule has 2 rings (SSSR count). The molecule has 0 amide bonds. The third kappa shape index (κ3) is 2.87. The average molecular weight is 292 g/mol. The number of pyridine rings is 1. The van der Waals surface area contributed by atoms with E-state index in [-0.39, 0.29) is 11.2 Å². The monoisotopic (exact) mass is 292 g/mol. The second kappa shape index (κ2) is 5.43. The van der Waals surface area contributed by atoms with Crippen molar-refractivity contribution in [3.63, 3.8) is 0 Å². The number of aromatic nitrogens is 1. The summed E-state index contributed by atoms with van der Waals surface area (Å²) in [6.07, 6.45) is 5.34. The van der Waals surface area contributed by atoms with E-state index >= 15 is 0 Å². The second-order valence-electron chi connectivity index (χ2n) is 5.97. The molecule has 0 aromatic carbocycles. The maximum absolute atomic E-state index is 6.03. The van der Waals surface area contributed by atoms with Crippen LogP contribution >= 0.6 is 12.6 Å². The van der Waals surface area contributed by atoms with E-state index < -0.39 is 7.12 Å². The lowest BCUT2D eigenvalue weighted by Crippen LogP contribution is -2.41. The highest BCUT2D eigenvalue weighted by atomic mass is 32.1. The summed E-state index contributed by atoms with van der Waals surface area (Å²) in [4.78, 5) is 4.09. The Morgan fingerprint density at radius 2 is 1.95 bits per heavy atom. The first-order chi connectivity index (χ1) is 9.27. The Bertz CT molecular complexity index is 516. The number of hydrogen-bond acceptors (Lipinski definition) is 5. The lowest BCUT2D eigenvalue weighted by atomic mass is 9.78. The van der Waals surface area contributed by atoms with E-state index in [4.69, 9.17) is 15.0 Å². The molecular formula is C14H21BN2O2S. The topological polar surface area (TPSA) is 57.4 Å². The van der Waals surface area contributed by atoms with Crippen LogP contribution < -0.4 is 5.73 Å². The van der Waals surface area contributed by atoms with Gasteiger partial charge in [0.15, 0.2) is 0 Å². The van der Waals surface area contributed by atoms with Crippen molar-refractivity contribution in [1.82, 2.24) is 4.98 Å². The maximum Gasteiger partial charge on any atom is 0.491 e. The highest BCUT2D eigenvalue weighted by molar-refractivity contribution is 7.80. The maximum atomic E-state index is 6.03. The van der Waals surface area contributed by atoms with Crippen LogP contribution in [0.2, 0.25) is 0 Å².